The van der Waals surface area contributed by atoms with Crippen LogP contribution in [0.15, 0.2) is 103 Å². The standard InChI is InChI=1S/C36H49NO5Si2/c1-28(43(9,10)29-20-14-11-15-21-29)32(37(26-33(38)40-8)34(39)42-35(2,3)4)27-41-44(36(5,6)7,30-22-16-12-17-23-30)31-24-18-13-19-25-31/h11-25,32H,1,26-27H2,2-10H3/t32-/m1/s1. The van der Waals surface area contributed by atoms with Crippen molar-refractivity contribution in [3.63, 3.8) is 0 Å². The van der Waals surface area contributed by atoms with Crippen LogP contribution < -0.4 is 15.6 Å². The highest BCUT2D eigenvalue weighted by molar-refractivity contribution is 6.99. The summed E-state index contributed by atoms with van der Waals surface area (Å²) in [5, 5.41) is 3.99. The third kappa shape index (κ3) is 7.97. The van der Waals surface area contributed by atoms with Crippen molar-refractivity contribution < 1.29 is 23.5 Å². The number of ether oxygens (including phenoxy) is 2. The number of carbonyl (C=O) groups excluding carboxylic acids is 2. The van der Waals surface area contributed by atoms with Crippen LogP contribution in [0.25, 0.3) is 0 Å². The number of hydrogen-bond donors (Lipinski definition) is 0. The second-order valence-electron chi connectivity index (χ2n) is 13.7. The van der Waals surface area contributed by atoms with E-state index in [9.17, 15) is 9.59 Å². The molecule has 236 valence electrons. The summed E-state index contributed by atoms with van der Waals surface area (Å²) in [6.45, 7) is 21.0. The number of esters is 1. The molecule has 0 saturated carbocycles. The van der Waals surface area contributed by atoms with Crippen molar-refractivity contribution in [3.05, 3.63) is 103 Å². The highest BCUT2D eigenvalue weighted by Gasteiger charge is 2.51. The Morgan fingerprint density at radius 1 is 0.773 bits per heavy atom. The summed E-state index contributed by atoms with van der Waals surface area (Å²) >= 11 is 0. The summed E-state index contributed by atoms with van der Waals surface area (Å²) in [4.78, 5) is 28.2. The van der Waals surface area contributed by atoms with Gasteiger partial charge in [-0.3, -0.25) is 9.69 Å². The summed E-state index contributed by atoms with van der Waals surface area (Å²) in [6, 6.07) is 30.3. The van der Waals surface area contributed by atoms with Crippen LogP contribution >= 0.6 is 0 Å². The molecule has 8 heteroatoms. The van der Waals surface area contributed by atoms with Crippen LogP contribution in [-0.4, -0.2) is 65.3 Å². The molecule has 6 nitrogen and oxygen atoms in total. The summed E-state index contributed by atoms with van der Waals surface area (Å²) in [7, 11) is -4.11. The van der Waals surface area contributed by atoms with Crippen molar-refractivity contribution in [3.8, 4) is 0 Å². The minimum atomic E-state index is -2.99. The highest BCUT2D eigenvalue weighted by Crippen LogP contribution is 2.37. The van der Waals surface area contributed by atoms with Gasteiger partial charge < -0.3 is 13.9 Å². The lowest BCUT2D eigenvalue weighted by molar-refractivity contribution is -0.142. The van der Waals surface area contributed by atoms with Crippen molar-refractivity contribution in [2.45, 2.75) is 71.3 Å². The van der Waals surface area contributed by atoms with Crippen molar-refractivity contribution in [2.75, 3.05) is 20.3 Å². The maximum absolute atomic E-state index is 13.9. The Hall–Kier alpha value is -3.47. The lowest BCUT2D eigenvalue weighted by atomic mass is 10.2. The third-order valence-electron chi connectivity index (χ3n) is 8.11. The molecule has 3 aromatic carbocycles. The summed E-state index contributed by atoms with van der Waals surface area (Å²) < 4.78 is 18.3. The van der Waals surface area contributed by atoms with Gasteiger partial charge in [-0.1, -0.05) is 135 Å². The molecule has 3 aromatic rings. The summed E-state index contributed by atoms with van der Waals surface area (Å²) in [5.41, 5.74) is -0.775. The summed E-state index contributed by atoms with van der Waals surface area (Å²) in [5.74, 6) is -0.543. The van der Waals surface area contributed by atoms with E-state index in [4.69, 9.17) is 13.9 Å². The Labute approximate surface area is 266 Å². The molecule has 0 heterocycles. The van der Waals surface area contributed by atoms with Crippen LogP contribution in [0.2, 0.25) is 18.1 Å². The molecule has 44 heavy (non-hydrogen) atoms. The molecule has 0 N–H and O–H groups in total. The first-order valence-electron chi connectivity index (χ1n) is 15.1. The monoisotopic (exact) mass is 631 g/mol. The maximum Gasteiger partial charge on any atom is 0.411 e. The van der Waals surface area contributed by atoms with E-state index in [0.29, 0.717) is 0 Å². The Balaban J connectivity index is 2.24. The Morgan fingerprint density at radius 2 is 1.20 bits per heavy atom. The van der Waals surface area contributed by atoms with E-state index in [1.165, 1.54) is 17.2 Å². The predicted octanol–water partition coefficient (Wildman–Crippen LogP) is 6.05. The van der Waals surface area contributed by atoms with Gasteiger partial charge in [-0.15, -0.1) is 6.58 Å². The van der Waals surface area contributed by atoms with Crippen LogP contribution in [0, 0.1) is 0 Å². The maximum atomic E-state index is 13.9. The normalized spacial score (nSPS) is 13.1. The topological polar surface area (TPSA) is 65.1 Å². The SMILES string of the molecule is C=C([C@@H](CO[Si](c1ccccc1)(c1ccccc1)C(C)(C)C)N(CC(=O)OC)C(=O)OC(C)(C)C)[Si](C)(C)c1ccccc1. The fraction of sp³-hybridized carbons (Fsp3) is 0.389. The molecular formula is C36H49NO5Si2. The van der Waals surface area contributed by atoms with E-state index in [1.807, 2.05) is 75.4 Å². The van der Waals surface area contributed by atoms with E-state index < -0.39 is 40.1 Å². The highest BCUT2D eigenvalue weighted by atomic mass is 28.4. The molecule has 0 aliphatic carbocycles. The largest absolute Gasteiger partial charge is 0.468 e. The first-order chi connectivity index (χ1) is 20.5. The Kier molecular flexibility index (Phi) is 11.2. The molecule has 0 spiro atoms. The van der Waals surface area contributed by atoms with Crippen LogP contribution in [0.3, 0.4) is 0 Å². The first-order valence-corrected chi connectivity index (χ1v) is 20.0. The van der Waals surface area contributed by atoms with E-state index >= 15 is 0 Å². The quantitative estimate of drug-likeness (QED) is 0.190. The van der Waals surface area contributed by atoms with Crippen LogP contribution in [0.4, 0.5) is 4.79 Å². The van der Waals surface area contributed by atoms with Gasteiger partial charge in [-0.05, 0) is 36.2 Å². The van der Waals surface area contributed by atoms with Crippen molar-refractivity contribution >= 4 is 44.0 Å². The average Bonchev–Trinajstić information content (AvgIpc) is 2.98. The second-order valence-corrected chi connectivity index (χ2v) is 22.5. The molecule has 0 aliphatic heterocycles. The molecule has 0 fully saturated rings. The average molecular weight is 632 g/mol. The van der Waals surface area contributed by atoms with Gasteiger partial charge >= 0.3 is 12.1 Å². The van der Waals surface area contributed by atoms with Gasteiger partial charge in [0.25, 0.3) is 8.32 Å². The number of carbonyl (C=O) groups is 2. The van der Waals surface area contributed by atoms with Gasteiger partial charge in [0.1, 0.15) is 20.2 Å². The molecule has 0 radical (unpaired) electrons. The zero-order valence-corrected chi connectivity index (χ0v) is 29.8. The molecule has 0 aromatic heterocycles. The van der Waals surface area contributed by atoms with Crippen LogP contribution in [0.5, 0.6) is 0 Å². The molecule has 3 rings (SSSR count). The summed E-state index contributed by atoms with van der Waals surface area (Å²) in [6.07, 6.45) is -0.613. The van der Waals surface area contributed by atoms with Crippen LogP contribution in [-0.2, 0) is 18.7 Å². The predicted molar refractivity (Wildman–Crippen MR) is 185 cm³/mol. The number of rotatable bonds is 11. The molecular weight excluding hydrogens is 583 g/mol. The van der Waals surface area contributed by atoms with E-state index in [1.54, 1.807) is 0 Å². The third-order valence-corrected chi connectivity index (χ3v) is 16.8. The number of methoxy groups -OCH3 is 1. The van der Waals surface area contributed by atoms with Crippen molar-refractivity contribution in [1.29, 1.82) is 0 Å². The molecule has 0 unspecified atom stereocenters. The van der Waals surface area contributed by atoms with Crippen LogP contribution in [0.1, 0.15) is 41.5 Å². The number of hydrogen-bond acceptors (Lipinski definition) is 5. The molecule has 0 bridgehead atoms. The number of nitrogens with zero attached hydrogens (tertiary/aromatic N) is 1. The van der Waals surface area contributed by atoms with Crippen molar-refractivity contribution in [2.24, 2.45) is 0 Å². The molecule has 0 saturated heterocycles. The molecule has 1 atom stereocenters. The Morgan fingerprint density at radius 3 is 1.59 bits per heavy atom. The zero-order valence-electron chi connectivity index (χ0n) is 27.8. The number of benzene rings is 3. The number of amides is 1. The lowest BCUT2D eigenvalue weighted by Gasteiger charge is -2.45. The van der Waals surface area contributed by atoms with Gasteiger partial charge in [0.05, 0.1) is 19.8 Å². The lowest BCUT2D eigenvalue weighted by Crippen LogP contribution is -2.68. The molecule has 0 aliphatic rings. The fourth-order valence-electron chi connectivity index (χ4n) is 5.63. The minimum Gasteiger partial charge on any atom is -0.468 e. The fourth-order valence-corrected chi connectivity index (χ4v) is 12.7. The van der Waals surface area contributed by atoms with E-state index in [2.05, 4.69) is 76.8 Å². The van der Waals surface area contributed by atoms with Gasteiger partial charge in [-0.2, -0.15) is 0 Å². The van der Waals surface area contributed by atoms with E-state index in [-0.39, 0.29) is 18.2 Å². The van der Waals surface area contributed by atoms with Gasteiger partial charge in [-0.25, -0.2) is 4.79 Å². The smallest absolute Gasteiger partial charge is 0.411 e. The molecule has 1 amide bonds. The van der Waals surface area contributed by atoms with Gasteiger partial charge in [0.2, 0.25) is 0 Å². The van der Waals surface area contributed by atoms with Gasteiger partial charge in [0.15, 0.2) is 0 Å². The minimum absolute atomic E-state index is 0.131. The van der Waals surface area contributed by atoms with Crippen molar-refractivity contribution in [1.82, 2.24) is 4.90 Å². The van der Waals surface area contributed by atoms with Gasteiger partial charge in [0, 0.05) is 0 Å². The zero-order chi connectivity index (χ0) is 32.8. The van der Waals surface area contributed by atoms with E-state index in [0.717, 1.165) is 15.6 Å². The Bertz CT molecular complexity index is 1360. The second kappa shape index (κ2) is 14.1. The first kappa shape index (κ1) is 35.0.